The van der Waals surface area contributed by atoms with Gasteiger partial charge in [-0.2, -0.15) is 15.3 Å². The van der Waals surface area contributed by atoms with Gasteiger partial charge >= 0.3 is 0 Å². The molecular formula is C107H128N28O10S. The van der Waals surface area contributed by atoms with E-state index in [0.29, 0.717) is 84.3 Å². The Morgan fingerprint density at radius 2 is 0.719 bits per heavy atom. The smallest absolute Gasteiger partial charge is 0.225 e. The quantitative estimate of drug-likeness (QED) is 0.0411. The third-order valence-electron chi connectivity index (χ3n) is 26.3. The van der Waals surface area contributed by atoms with Gasteiger partial charge in [-0.05, 0) is 126 Å². The van der Waals surface area contributed by atoms with Crippen LogP contribution in [0.25, 0.3) is 67.1 Å². The highest BCUT2D eigenvalue weighted by molar-refractivity contribution is 7.97. The molecule has 1 atom stereocenters. The van der Waals surface area contributed by atoms with E-state index in [9.17, 15) is 4.21 Å². The summed E-state index contributed by atoms with van der Waals surface area (Å²) in [7, 11) is 6.17. The van der Waals surface area contributed by atoms with E-state index >= 15 is 0 Å². The lowest BCUT2D eigenvalue weighted by atomic mass is 10.1. The van der Waals surface area contributed by atoms with Crippen LogP contribution in [0, 0.1) is 0 Å². The maximum absolute atomic E-state index is 12.4. The van der Waals surface area contributed by atoms with E-state index in [-0.39, 0.29) is 13.4 Å². The molecule has 39 heteroatoms. The fourth-order valence-electron chi connectivity index (χ4n) is 18.3. The number of aromatic nitrogens is 17. The Bertz CT molecular complexity index is 6970. The summed E-state index contributed by atoms with van der Waals surface area (Å²) in [6.45, 7) is 25.3. The van der Waals surface area contributed by atoms with Crippen molar-refractivity contribution in [3.8, 4) is 73.8 Å². The van der Waals surface area contributed by atoms with Gasteiger partial charge in [-0.3, -0.25) is 14.0 Å². The zero-order valence-electron chi connectivity index (χ0n) is 83.1. The average Bonchev–Trinajstić information content (AvgIpc) is 1.61. The number of nitrogens with two attached hydrogens (primary N) is 1. The number of anilines is 7. The first-order valence-electron chi connectivity index (χ1n) is 49.1. The number of morpholine rings is 4. The van der Waals surface area contributed by atoms with Crippen molar-refractivity contribution in [2.24, 2.45) is 0 Å². The van der Waals surface area contributed by atoms with Crippen LogP contribution in [0.3, 0.4) is 0 Å². The summed E-state index contributed by atoms with van der Waals surface area (Å²) in [5.74, 6) is 13.2. The molecule has 6 saturated heterocycles. The van der Waals surface area contributed by atoms with Gasteiger partial charge < -0.3 is 87.5 Å². The lowest BCUT2D eigenvalue weighted by molar-refractivity contribution is 0.122. The molecule has 1 unspecified atom stereocenters. The van der Waals surface area contributed by atoms with Crippen molar-refractivity contribution in [3.05, 3.63) is 259 Å². The molecule has 0 spiro atoms. The van der Waals surface area contributed by atoms with E-state index in [1.54, 1.807) is 54.2 Å². The van der Waals surface area contributed by atoms with Crippen LogP contribution in [0.1, 0.15) is 53.7 Å². The first kappa shape index (κ1) is 101. The van der Waals surface area contributed by atoms with Crippen molar-refractivity contribution in [1.82, 2.24) is 103 Å². The van der Waals surface area contributed by atoms with Crippen LogP contribution in [0.5, 0.6) is 28.7 Å². The normalized spacial score (nSPS) is 15.8. The Morgan fingerprint density at radius 3 is 1.08 bits per heavy atom. The van der Waals surface area contributed by atoms with E-state index in [2.05, 4.69) is 169 Å². The van der Waals surface area contributed by atoms with Gasteiger partial charge in [0.25, 0.3) is 0 Å². The molecule has 6 aliphatic rings. The minimum atomic E-state index is -2.19. The topological polar surface area (TPSA) is 353 Å². The molecular weight excluding hydrogens is 1870 g/mol. The number of rotatable bonds is 29. The third-order valence-corrected chi connectivity index (χ3v) is 27.8. The van der Waals surface area contributed by atoms with E-state index in [1.165, 1.54) is 0 Å². The number of methoxy groups -OCH3 is 5. The summed E-state index contributed by atoms with van der Waals surface area (Å²) in [4.78, 5) is 65.9. The molecule has 6 fully saturated rings. The molecule has 6 aliphatic heterocycles. The molecule has 0 aliphatic carbocycles. The van der Waals surface area contributed by atoms with E-state index in [4.69, 9.17) is 104 Å². The fourth-order valence-corrected chi connectivity index (χ4v) is 19.2. The molecule has 38 nitrogen and oxygen atoms in total. The van der Waals surface area contributed by atoms with Gasteiger partial charge in [0.05, 0.1) is 152 Å². The second-order valence-electron chi connectivity index (χ2n) is 36.1. The van der Waals surface area contributed by atoms with Crippen LogP contribution >= 0.6 is 0 Å². The van der Waals surface area contributed by atoms with Crippen LogP contribution < -0.4 is 64.1 Å². The standard InChI is InChI=1S/C37H45N9O4S.C32H35N7O3.C19H25N9O.C18H19N3O2.CH4/c1-48-32-9-5-28(6-10-32)24-44(25-29-7-11-33(49-2)12-8-29)37-38-22-30(23-39-37)34-27-46-35(36(40-34)43-17-19-50-20-18-43)21-31(41-46)26-42-13-15-45(16-14-42)51(3,4)47;1-4-26-17-30-31(37-13-15-42-16-14-37)35-29(22-39(30)36-26)25-18-33-32(34-19-25)38(20-23-5-9-27(40-2)10-6-23)21-24-7-11-28(41-3)12-8-24;20-19-22-10-14(11-23-19)16-13-28-17(18(24-16)27-5-7-29-8-6-27)9-15(25-28)12-26-3-1-21-2-4-26;1-22-15-5-2-4-14(12-15)16-13-21-7-3-6-17(21)18(19-16)20-8-10-23-11-9-20;/h5-12,21-23,27H,3,13-20,24-26H2,1-2,4H3;5-12,17-19,22H,4,13-16,20-21H2,1-3H3;9-11,13,21H,1-8,12H2,(H2,20,22,23);2-7,12-13H,8-11H2,1H3;1H4. The number of nitrogen functional groups attached to an aromatic ring is 1. The molecule has 0 radical (unpaired) electrons. The number of benzene rings is 5. The Balaban J connectivity index is 0.000000133. The summed E-state index contributed by atoms with van der Waals surface area (Å²) in [5.41, 5.74) is 24.0. The lowest BCUT2D eigenvalue weighted by Gasteiger charge is -2.34. The Morgan fingerprint density at radius 1 is 0.384 bits per heavy atom. The number of aryl methyl sites for hydroxylation is 1. The van der Waals surface area contributed by atoms with Crippen molar-refractivity contribution in [1.29, 1.82) is 0 Å². The molecule has 0 saturated carbocycles. The SMILES string of the molecule is C.C=S(C)(=O)N1CCN(Cc2cc3c(N4CCOCC4)nc(-c4cnc(N(Cc5ccc(OC)cc5)Cc5ccc(OC)cc5)nc4)cn3n2)CC1.CCc1cc2c(N3CCOCC3)nc(-c3cnc(N(Cc4ccc(OC)cc4)Cc4ccc(OC)cc4)nc3)cn2n1.COc1cccc(-c2cn3cccc3c(N3CCOCC3)n2)c1.Nc1ncc(-c2cn3nc(CN4CCNCC4)cc3c(N3CCOCC3)n2)cn1. The number of ether oxygens (including phenoxy) is 9. The van der Waals surface area contributed by atoms with Crippen LogP contribution in [-0.4, -0.2) is 307 Å². The summed E-state index contributed by atoms with van der Waals surface area (Å²) in [5, 5.41) is 18.0. The van der Waals surface area contributed by atoms with Gasteiger partial charge in [0.2, 0.25) is 17.8 Å². The Hall–Kier alpha value is -14.8. The summed E-state index contributed by atoms with van der Waals surface area (Å²) >= 11 is 0. The predicted molar refractivity (Wildman–Crippen MR) is 570 cm³/mol. The number of hydrogen-bond acceptors (Lipinski definition) is 33. The molecule has 22 rings (SSSR count). The summed E-state index contributed by atoms with van der Waals surface area (Å²) < 4.78 is 71.3. The molecule has 11 aromatic heterocycles. The second kappa shape index (κ2) is 47.8. The van der Waals surface area contributed by atoms with Crippen molar-refractivity contribution in [3.63, 3.8) is 0 Å². The molecule has 146 heavy (non-hydrogen) atoms. The molecule has 0 bridgehead atoms. The van der Waals surface area contributed by atoms with Gasteiger partial charge in [-0.1, -0.05) is 75.0 Å². The Kier molecular flexibility index (Phi) is 33.2. The highest BCUT2D eigenvalue weighted by atomic mass is 32.2. The van der Waals surface area contributed by atoms with Crippen LogP contribution in [-0.2, 0) is 74.3 Å². The van der Waals surface area contributed by atoms with Crippen molar-refractivity contribution in [2.45, 2.75) is 60.0 Å². The number of nitrogens with zero attached hydrogens (tertiary/aromatic N) is 26. The zero-order valence-corrected chi connectivity index (χ0v) is 83.9. The van der Waals surface area contributed by atoms with Gasteiger partial charge in [-0.15, -0.1) is 0 Å². The summed E-state index contributed by atoms with van der Waals surface area (Å²) in [6, 6.07) is 50.8. The molecule has 762 valence electrons. The van der Waals surface area contributed by atoms with Crippen molar-refractivity contribution < 1.29 is 46.8 Å². The van der Waals surface area contributed by atoms with E-state index in [0.717, 1.165) is 289 Å². The third kappa shape index (κ3) is 25.0. The van der Waals surface area contributed by atoms with Gasteiger partial charge in [0.1, 0.15) is 45.3 Å². The Labute approximate surface area is 850 Å². The minimum Gasteiger partial charge on any atom is -0.497 e. The number of piperazine rings is 2. The monoisotopic (exact) mass is 2000 g/mol. The molecule has 0 amide bonds. The average molecular weight is 2000 g/mol. The maximum Gasteiger partial charge on any atom is 0.225 e. The highest BCUT2D eigenvalue weighted by Gasteiger charge is 2.29. The van der Waals surface area contributed by atoms with Gasteiger partial charge in [0, 0.05) is 232 Å². The first-order chi connectivity index (χ1) is 71.0. The van der Waals surface area contributed by atoms with Crippen molar-refractivity contribution >= 4 is 78.8 Å². The zero-order chi connectivity index (χ0) is 99.5. The van der Waals surface area contributed by atoms with Crippen LogP contribution in [0.2, 0.25) is 0 Å². The fraction of sp³-hybridized carbons (Fsp3) is 0.364. The van der Waals surface area contributed by atoms with Crippen molar-refractivity contribution in [2.75, 3.05) is 235 Å². The molecule has 5 aromatic carbocycles. The maximum atomic E-state index is 12.4. The molecule has 16 aromatic rings. The van der Waals surface area contributed by atoms with E-state index < -0.39 is 9.71 Å². The largest absolute Gasteiger partial charge is 0.497 e. The van der Waals surface area contributed by atoms with Gasteiger partial charge in [-0.25, -0.2) is 67.7 Å². The summed E-state index contributed by atoms with van der Waals surface area (Å²) in [6.07, 6.45) is 23.3. The highest BCUT2D eigenvalue weighted by Crippen LogP contribution is 2.35. The van der Waals surface area contributed by atoms with Gasteiger partial charge in [0.15, 0.2) is 23.3 Å². The van der Waals surface area contributed by atoms with Crippen LogP contribution in [0.4, 0.5) is 41.1 Å². The number of nitrogens with one attached hydrogen (secondary N) is 1. The number of hydrogen-bond donors (Lipinski definition) is 2. The molecule has 3 N–H and O–H groups in total. The molecule has 17 heterocycles. The first-order valence-corrected chi connectivity index (χ1v) is 51.2. The number of fused-ring (bicyclic) bond motifs is 4. The lowest BCUT2D eigenvalue weighted by Crippen LogP contribution is -2.47. The second-order valence-corrected chi connectivity index (χ2v) is 38.6. The van der Waals surface area contributed by atoms with E-state index in [1.807, 2.05) is 128 Å². The predicted octanol–water partition coefficient (Wildman–Crippen LogP) is 11.9. The minimum absolute atomic E-state index is 0. The van der Waals surface area contributed by atoms with Crippen LogP contribution in [0.15, 0.2) is 220 Å².